The molecule has 2 saturated heterocycles. The number of hydrogen-bond donors (Lipinski definition) is 2. The Balaban J connectivity index is 1.67. The second-order valence-electron chi connectivity index (χ2n) is 7.42. The number of rotatable bonds is 5. The highest BCUT2D eigenvalue weighted by Crippen LogP contribution is 2.25. The maximum atomic E-state index is 11.6. The molecule has 0 saturated carbocycles. The molecule has 3 rings (SSSR count). The number of amides is 1. The Labute approximate surface area is 172 Å². The zero-order chi connectivity index (χ0) is 19.9. The molecule has 2 fully saturated rings. The minimum atomic E-state index is -0.214. The minimum Gasteiger partial charge on any atom is -0.369 e. The van der Waals surface area contributed by atoms with Gasteiger partial charge in [0, 0.05) is 62.5 Å². The summed E-state index contributed by atoms with van der Waals surface area (Å²) in [6.07, 6.45) is 4.82. The highest BCUT2D eigenvalue weighted by molar-refractivity contribution is 8.00. The molecule has 3 N–H and O–H groups in total. The molecule has 1 aromatic heterocycles. The quantitative estimate of drug-likeness (QED) is 0.574. The van der Waals surface area contributed by atoms with Crippen LogP contribution in [0.25, 0.3) is 0 Å². The summed E-state index contributed by atoms with van der Waals surface area (Å²) in [6.45, 7) is 6.52. The molecule has 1 amide bonds. The highest BCUT2D eigenvalue weighted by Gasteiger charge is 2.26. The van der Waals surface area contributed by atoms with Crippen molar-refractivity contribution in [1.29, 1.82) is 0 Å². The van der Waals surface area contributed by atoms with Gasteiger partial charge in [-0.3, -0.25) is 9.79 Å². The van der Waals surface area contributed by atoms with Gasteiger partial charge in [-0.1, -0.05) is 13.0 Å². The Morgan fingerprint density at radius 1 is 1.43 bits per heavy atom. The average molecular weight is 405 g/mol. The number of nitrogens with one attached hydrogen (secondary N) is 1. The maximum absolute atomic E-state index is 11.6. The molecule has 2 atom stereocenters. The standard InChI is InChI=1S/C20H32N6OS/c1-3-17-14-26(10-11-28-17)20(22-2)24-12-15-6-4-8-23-19(15)25-9-5-7-16(13-25)18(21)27/h4,6,8,16-17H,3,5,7,9-14H2,1-2H3,(H2,21,27)(H,22,24). The molecule has 2 aliphatic heterocycles. The lowest BCUT2D eigenvalue weighted by Crippen LogP contribution is -2.48. The molecule has 2 aliphatic rings. The number of aliphatic imine (C=N–C) groups is 1. The van der Waals surface area contributed by atoms with Gasteiger partial charge in [0.05, 0.1) is 5.92 Å². The minimum absolute atomic E-state index is 0.0962. The van der Waals surface area contributed by atoms with Gasteiger partial charge in [0.1, 0.15) is 5.82 Å². The number of nitrogens with zero attached hydrogens (tertiary/aromatic N) is 4. The van der Waals surface area contributed by atoms with Crippen LogP contribution < -0.4 is 16.0 Å². The summed E-state index contributed by atoms with van der Waals surface area (Å²) in [5.74, 6) is 2.72. The summed E-state index contributed by atoms with van der Waals surface area (Å²) in [6, 6.07) is 4.06. The van der Waals surface area contributed by atoms with Gasteiger partial charge in [-0.2, -0.15) is 11.8 Å². The van der Waals surface area contributed by atoms with Crippen LogP contribution in [0.15, 0.2) is 23.3 Å². The number of pyridine rings is 1. The normalized spacial score (nSPS) is 23.6. The molecule has 1 aromatic rings. The van der Waals surface area contributed by atoms with Crippen molar-refractivity contribution < 1.29 is 4.79 Å². The fraction of sp³-hybridized carbons (Fsp3) is 0.650. The van der Waals surface area contributed by atoms with Gasteiger partial charge < -0.3 is 20.9 Å². The molecule has 0 bridgehead atoms. The molecule has 28 heavy (non-hydrogen) atoms. The first-order chi connectivity index (χ1) is 13.6. The Kier molecular flexibility index (Phi) is 7.42. The number of piperidine rings is 1. The van der Waals surface area contributed by atoms with E-state index in [-0.39, 0.29) is 11.8 Å². The van der Waals surface area contributed by atoms with E-state index in [9.17, 15) is 4.79 Å². The van der Waals surface area contributed by atoms with Crippen molar-refractivity contribution in [3.05, 3.63) is 23.9 Å². The van der Waals surface area contributed by atoms with Crippen LogP contribution in [0.2, 0.25) is 0 Å². The van der Waals surface area contributed by atoms with Crippen LogP contribution in [0.5, 0.6) is 0 Å². The van der Waals surface area contributed by atoms with Crippen LogP contribution >= 0.6 is 11.8 Å². The first-order valence-corrected chi connectivity index (χ1v) is 11.2. The monoisotopic (exact) mass is 404 g/mol. The van der Waals surface area contributed by atoms with Gasteiger partial charge in [-0.25, -0.2) is 4.98 Å². The number of carbonyl (C=O) groups is 1. The van der Waals surface area contributed by atoms with Crippen molar-refractivity contribution in [2.45, 2.75) is 38.0 Å². The van der Waals surface area contributed by atoms with Gasteiger partial charge >= 0.3 is 0 Å². The predicted molar refractivity (Wildman–Crippen MR) is 117 cm³/mol. The Morgan fingerprint density at radius 2 is 2.29 bits per heavy atom. The lowest BCUT2D eigenvalue weighted by Gasteiger charge is -2.35. The second kappa shape index (κ2) is 10.0. The van der Waals surface area contributed by atoms with Crippen molar-refractivity contribution in [2.75, 3.05) is 43.9 Å². The van der Waals surface area contributed by atoms with Gasteiger partial charge in [-0.15, -0.1) is 0 Å². The van der Waals surface area contributed by atoms with Crippen molar-refractivity contribution in [3.63, 3.8) is 0 Å². The van der Waals surface area contributed by atoms with Crippen LogP contribution in [0, 0.1) is 5.92 Å². The lowest BCUT2D eigenvalue weighted by atomic mass is 9.97. The third-order valence-corrected chi connectivity index (χ3v) is 6.91. The maximum Gasteiger partial charge on any atom is 0.222 e. The van der Waals surface area contributed by atoms with E-state index in [1.54, 1.807) is 0 Å². The molecule has 2 unspecified atom stereocenters. The summed E-state index contributed by atoms with van der Waals surface area (Å²) < 4.78 is 0. The molecule has 3 heterocycles. The number of hydrogen-bond acceptors (Lipinski definition) is 5. The summed E-state index contributed by atoms with van der Waals surface area (Å²) in [7, 11) is 1.84. The van der Waals surface area contributed by atoms with E-state index in [1.165, 1.54) is 6.42 Å². The van der Waals surface area contributed by atoms with E-state index >= 15 is 0 Å². The van der Waals surface area contributed by atoms with Gasteiger partial charge in [0.15, 0.2) is 5.96 Å². The number of nitrogens with two attached hydrogens (primary N) is 1. The molecule has 0 aromatic carbocycles. The van der Waals surface area contributed by atoms with E-state index in [2.05, 4.69) is 49.8 Å². The molecular formula is C20H32N6OS. The molecule has 0 aliphatic carbocycles. The first kappa shape index (κ1) is 20.8. The van der Waals surface area contributed by atoms with Gasteiger partial charge in [0.2, 0.25) is 5.91 Å². The average Bonchev–Trinajstić information content (AvgIpc) is 2.74. The Morgan fingerprint density at radius 3 is 3.04 bits per heavy atom. The van der Waals surface area contributed by atoms with E-state index < -0.39 is 0 Å². The number of carbonyl (C=O) groups excluding carboxylic acids is 1. The molecule has 8 heteroatoms. The zero-order valence-electron chi connectivity index (χ0n) is 16.9. The number of aromatic nitrogens is 1. The van der Waals surface area contributed by atoms with Crippen molar-refractivity contribution in [2.24, 2.45) is 16.6 Å². The molecule has 7 nitrogen and oxygen atoms in total. The second-order valence-corrected chi connectivity index (χ2v) is 8.83. The molecule has 154 valence electrons. The SMILES string of the molecule is CCC1CN(C(=NC)NCc2cccnc2N2CCCC(C(N)=O)C2)CCS1. The van der Waals surface area contributed by atoms with Gasteiger partial charge in [0.25, 0.3) is 0 Å². The first-order valence-electron chi connectivity index (χ1n) is 10.2. The van der Waals surface area contributed by atoms with E-state index in [1.807, 2.05) is 19.3 Å². The zero-order valence-corrected chi connectivity index (χ0v) is 17.7. The van der Waals surface area contributed by atoms with Crippen LogP contribution in [-0.4, -0.2) is 66.0 Å². The molecular weight excluding hydrogens is 372 g/mol. The molecule has 0 radical (unpaired) electrons. The van der Waals surface area contributed by atoms with E-state index in [4.69, 9.17) is 5.73 Å². The van der Waals surface area contributed by atoms with Crippen LogP contribution in [0.1, 0.15) is 31.7 Å². The smallest absolute Gasteiger partial charge is 0.222 e. The lowest BCUT2D eigenvalue weighted by molar-refractivity contribution is -0.122. The Hall–Kier alpha value is -1.96. The molecule has 0 spiro atoms. The third-order valence-electron chi connectivity index (χ3n) is 5.53. The Bertz CT molecular complexity index is 697. The summed E-state index contributed by atoms with van der Waals surface area (Å²) >= 11 is 2.05. The van der Waals surface area contributed by atoms with E-state index in [0.29, 0.717) is 18.3 Å². The number of anilines is 1. The summed E-state index contributed by atoms with van der Waals surface area (Å²) in [4.78, 5) is 25.3. The van der Waals surface area contributed by atoms with Gasteiger partial charge in [-0.05, 0) is 25.3 Å². The largest absolute Gasteiger partial charge is 0.369 e. The van der Waals surface area contributed by atoms with Crippen molar-refractivity contribution in [1.82, 2.24) is 15.2 Å². The van der Waals surface area contributed by atoms with E-state index in [0.717, 1.165) is 55.6 Å². The number of primary amides is 1. The van der Waals surface area contributed by atoms with Crippen LogP contribution in [0.3, 0.4) is 0 Å². The number of guanidine groups is 1. The van der Waals surface area contributed by atoms with Crippen LogP contribution in [-0.2, 0) is 11.3 Å². The number of thioether (sulfide) groups is 1. The summed E-state index contributed by atoms with van der Waals surface area (Å²) in [5.41, 5.74) is 6.66. The van der Waals surface area contributed by atoms with Crippen LogP contribution in [0.4, 0.5) is 5.82 Å². The van der Waals surface area contributed by atoms with Crippen molar-refractivity contribution >= 4 is 29.4 Å². The topological polar surface area (TPSA) is 86.8 Å². The fourth-order valence-corrected chi connectivity index (χ4v) is 5.10. The third kappa shape index (κ3) is 5.10. The summed E-state index contributed by atoms with van der Waals surface area (Å²) in [5, 5.41) is 4.19. The predicted octanol–water partition coefficient (Wildman–Crippen LogP) is 1.69. The fourth-order valence-electron chi connectivity index (χ4n) is 3.92. The van der Waals surface area contributed by atoms with Crippen molar-refractivity contribution in [3.8, 4) is 0 Å². The highest BCUT2D eigenvalue weighted by atomic mass is 32.2.